The highest BCUT2D eigenvalue weighted by molar-refractivity contribution is 5.92. The summed E-state index contributed by atoms with van der Waals surface area (Å²) >= 11 is 0. The van der Waals surface area contributed by atoms with E-state index in [1.807, 2.05) is 0 Å². The molecule has 4 aromatic rings. The molecular formula is C26H22O8. The van der Waals surface area contributed by atoms with Crippen LogP contribution in [-0.4, -0.2) is 27.3 Å². The van der Waals surface area contributed by atoms with Crippen LogP contribution >= 0.6 is 0 Å². The van der Waals surface area contributed by atoms with Gasteiger partial charge in [-0.15, -0.1) is 0 Å². The van der Waals surface area contributed by atoms with Gasteiger partial charge in [0.25, 0.3) is 0 Å². The Kier molecular flexibility index (Phi) is 6.40. The number of ether oxygens (including phenoxy) is 5. The first-order valence-corrected chi connectivity index (χ1v) is 10.3. The molecule has 0 aliphatic carbocycles. The zero-order valence-corrected chi connectivity index (χ0v) is 19.0. The lowest BCUT2D eigenvalue weighted by Gasteiger charge is -2.11. The lowest BCUT2D eigenvalue weighted by molar-refractivity contribution is 0.0734. The van der Waals surface area contributed by atoms with Gasteiger partial charge in [0.15, 0.2) is 11.5 Å². The summed E-state index contributed by atoms with van der Waals surface area (Å²) in [6.45, 7) is 1.63. The molecule has 0 amide bonds. The van der Waals surface area contributed by atoms with Crippen molar-refractivity contribution in [1.82, 2.24) is 0 Å². The average molecular weight is 462 g/mol. The van der Waals surface area contributed by atoms with Crippen LogP contribution in [0.25, 0.3) is 11.0 Å². The van der Waals surface area contributed by atoms with Crippen molar-refractivity contribution in [3.05, 3.63) is 82.2 Å². The number of methoxy groups -OCH3 is 3. The minimum Gasteiger partial charge on any atom is -0.497 e. The fourth-order valence-electron chi connectivity index (χ4n) is 3.34. The zero-order chi connectivity index (χ0) is 24.2. The van der Waals surface area contributed by atoms with Crippen molar-refractivity contribution in [3.63, 3.8) is 0 Å². The van der Waals surface area contributed by atoms with Crippen LogP contribution < -0.4 is 29.1 Å². The molecule has 3 aromatic carbocycles. The molecule has 0 saturated heterocycles. The third kappa shape index (κ3) is 4.52. The fraction of sp³-hybridized carbons (Fsp3) is 0.154. The van der Waals surface area contributed by atoms with Gasteiger partial charge >= 0.3 is 5.97 Å². The Bertz CT molecular complexity index is 1400. The Balaban J connectivity index is 1.60. The molecule has 0 spiro atoms. The first-order chi connectivity index (χ1) is 16.4. The third-order valence-corrected chi connectivity index (χ3v) is 5.10. The first-order valence-electron chi connectivity index (χ1n) is 10.3. The number of hydrogen-bond donors (Lipinski definition) is 0. The maximum absolute atomic E-state index is 13.0. The standard InChI is InChI=1S/C26H22O8/c1-15-25(33-18-8-6-17(29-2)7-9-18)24(27)20-11-10-19(14-22(20)32-15)34-26(28)16-5-12-21(30-3)23(13-16)31-4/h5-14H,1-4H3. The topological polar surface area (TPSA) is 93.4 Å². The minimum absolute atomic E-state index is 0.0766. The van der Waals surface area contributed by atoms with Crippen LogP contribution in [0.15, 0.2) is 69.9 Å². The average Bonchev–Trinajstić information content (AvgIpc) is 2.86. The lowest BCUT2D eigenvalue weighted by atomic mass is 10.2. The van der Waals surface area contributed by atoms with E-state index >= 15 is 0 Å². The molecule has 34 heavy (non-hydrogen) atoms. The summed E-state index contributed by atoms with van der Waals surface area (Å²) in [5, 5.41) is 0.292. The number of fused-ring (bicyclic) bond motifs is 1. The fourth-order valence-corrected chi connectivity index (χ4v) is 3.34. The van der Waals surface area contributed by atoms with E-state index in [2.05, 4.69) is 0 Å². The summed E-state index contributed by atoms with van der Waals surface area (Å²) in [7, 11) is 4.55. The van der Waals surface area contributed by atoms with E-state index in [0.29, 0.717) is 28.4 Å². The molecule has 1 aromatic heterocycles. The molecule has 0 radical (unpaired) electrons. The van der Waals surface area contributed by atoms with E-state index < -0.39 is 5.97 Å². The Hall–Kier alpha value is -4.46. The van der Waals surface area contributed by atoms with E-state index in [9.17, 15) is 9.59 Å². The van der Waals surface area contributed by atoms with Gasteiger partial charge in [-0.3, -0.25) is 4.79 Å². The highest BCUT2D eigenvalue weighted by Crippen LogP contribution is 2.30. The summed E-state index contributed by atoms with van der Waals surface area (Å²) in [4.78, 5) is 25.6. The van der Waals surface area contributed by atoms with E-state index in [-0.39, 0.29) is 33.8 Å². The van der Waals surface area contributed by atoms with Gasteiger partial charge in [0.05, 0.1) is 32.3 Å². The van der Waals surface area contributed by atoms with Crippen molar-refractivity contribution in [2.24, 2.45) is 0 Å². The Labute approximate surface area is 195 Å². The molecular weight excluding hydrogens is 440 g/mol. The molecule has 8 heteroatoms. The van der Waals surface area contributed by atoms with Crippen molar-refractivity contribution < 1.29 is 32.9 Å². The Morgan fingerprint density at radius 2 is 1.44 bits per heavy atom. The maximum Gasteiger partial charge on any atom is 0.343 e. The molecule has 0 atom stereocenters. The van der Waals surface area contributed by atoms with E-state index in [0.717, 1.165) is 0 Å². The van der Waals surface area contributed by atoms with Crippen molar-refractivity contribution in [2.45, 2.75) is 6.92 Å². The van der Waals surface area contributed by atoms with Crippen molar-refractivity contribution in [3.8, 4) is 34.5 Å². The number of carbonyl (C=O) groups is 1. The van der Waals surface area contributed by atoms with Gasteiger partial charge in [0.1, 0.15) is 28.6 Å². The minimum atomic E-state index is -0.598. The molecule has 0 aliphatic rings. The second-order valence-corrected chi connectivity index (χ2v) is 7.21. The summed E-state index contributed by atoms with van der Waals surface area (Å²) < 4.78 is 32.6. The molecule has 0 saturated carbocycles. The maximum atomic E-state index is 13.0. The number of benzene rings is 3. The van der Waals surface area contributed by atoms with Crippen LogP contribution in [0, 0.1) is 6.92 Å². The second kappa shape index (κ2) is 9.58. The molecule has 4 rings (SSSR count). The zero-order valence-electron chi connectivity index (χ0n) is 19.0. The normalized spacial score (nSPS) is 10.6. The highest BCUT2D eigenvalue weighted by atomic mass is 16.5. The molecule has 0 aliphatic heterocycles. The number of hydrogen-bond acceptors (Lipinski definition) is 8. The van der Waals surface area contributed by atoms with Crippen molar-refractivity contribution in [1.29, 1.82) is 0 Å². The molecule has 0 bridgehead atoms. The van der Waals surface area contributed by atoms with Crippen LogP contribution in [0.5, 0.6) is 34.5 Å². The molecule has 0 fully saturated rings. The van der Waals surface area contributed by atoms with Gasteiger partial charge in [-0.2, -0.15) is 0 Å². The molecule has 1 heterocycles. The van der Waals surface area contributed by atoms with Crippen molar-refractivity contribution >= 4 is 16.9 Å². The Morgan fingerprint density at radius 1 is 0.765 bits per heavy atom. The van der Waals surface area contributed by atoms with Crippen molar-refractivity contribution in [2.75, 3.05) is 21.3 Å². The van der Waals surface area contributed by atoms with Crippen LogP contribution in [-0.2, 0) is 0 Å². The van der Waals surface area contributed by atoms with Gasteiger partial charge in [-0.25, -0.2) is 4.79 Å². The molecule has 0 N–H and O–H groups in total. The predicted molar refractivity (Wildman–Crippen MR) is 125 cm³/mol. The SMILES string of the molecule is COc1ccc(Oc2c(C)oc3cc(OC(=O)c4ccc(OC)c(OC)c4)ccc3c2=O)cc1. The number of rotatable bonds is 7. The van der Waals surface area contributed by atoms with E-state index in [1.54, 1.807) is 50.4 Å². The van der Waals surface area contributed by atoms with Crippen LogP contribution in [0.2, 0.25) is 0 Å². The van der Waals surface area contributed by atoms with Crippen LogP contribution in [0.3, 0.4) is 0 Å². The predicted octanol–water partition coefficient (Wildman–Crippen LogP) is 5.14. The van der Waals surface area contributed by atoms with Crippen LogP contribution in [0.4, 0.5) is 0 Å². The van der Waals surface area contributed by atoms with Gasteiger partial charge in [0, 0.05) is 6.07 Å². The second-order valence-electron chi connectivity index (χ2n) is 7.21. The smallest absolute Gasteiger partial charge is 0.343 e. The van der Waals surface area contributed by atoms with Gasteiger partial charge in [-0.1, -0.05) is 0 Å². The molecule has 174 valence electrons. The van der Waals surface area contributed by atoms with E-state index in [1.165, 1.54) is 38.5 Å². The van der Waals surface area contributed by atoms with Crippen LogP contribution in [0.1, 0.15) is 16.1 Å². The summed E-state index contributed by atoms with van der Waals surface area (Å²) in [6.07, 6.45) is 0. The highest BCUT2D eigenvalue weighted by Gasteiger charge is 2.17. The summed E-state index contributed by atoms with van der Waals surface area (Å²) in [5.74, 6) is 2.03. The first kappa shape index (κ1) is 22.7. The Morgan fingerprint density at radius 3 is 2.12 bits per heavy atom. The van der Waals surface area contributed by atoms with Gasteiger partial charge in [0.2, 0.25) is 11.2 Å². The van der Waals surface area contributed by atoms with Gasteiger partial charge in [-0.05, 0) is 61.5 Å². The molecule has 8 nitrogen and oxygen atoms in total. The largest absolute Gasteiger partial charge is 0.497 e. The lowest BCUT2D eigenvalue weighted by Crippen LogP contribution is -2.10. The number of aryl methyl sites for hydroxylation is 1. The quantitative estimate of drug-likeness (QED) is 0.275. The molecule has 0 unspecified atom stereocenters. The monoisotopic (exact) mass is 462 g/mol. The number of esters is 1. The van der Waals surface area contributed by atoms with E-state index in [4.69, 9.17) is 28.1 Å². The summed E-state index contributed by atoms with van der Waals surface area (Å²) in [6, 6.07) is 16.1. The summed E-state index contributed by atoms with van der Waals surface area (Å²) in [5.41, 5.74) is 0.202. The third-order valence-electron chi connectivity index (χ3n) is 5.10. The number of carbonyl (C=O) groups excluding carboxylic acids is 1. The van der Waals surface area contributed by atoms with Gasteiger partial charge < -0.3 is 28.1 Å².